The number of rotatable bonds is 3. The van der Waals surface area contributed by atoms with Crippen LogP contribution in [0.15, 0.2) is 29.0 Å². The van der Waals surface area contributed by atoms with Crippen molar-refractivity contribution in [3.8, 4) is 0 Å². The quantitative estimate of drug-likeness (QED) is 0.923. The second kappa shape index (κ2) is 6.82. The molecule has 25 heavy (non-hydrogen) atoms. The van der Waals surface area contributed by atoms with Crippen LogP contribution in [0.5, 0.6) is 0 Å². The molecule has 3 heterocycles. The third-order valence-electron chi connectivity index (χ3n) is 4.43. The monoisotopic (exact) mass is 343 g/mol. The van der Waals surface area contributed by atoms with E-state index in [1.807, 2.05) is 44.7 Å². The zero-order valence-electron chi connectivity index (χ0n) is 15.2. The van der Waals surface area contributed by atoms with Crippen molar-refractivity contribution in [1.29, 1.82) is 0 Å². The number of pyridine rings is 1. The molecule has 2 aromatic heterocycles. The summed E-state index contributed by atoms with van der Waals surface area (Å²) in [6, 6.07) is 3.57. The lowest BCUT2D eigenvalue weighted by Gasteiger charge is -2.26. The Kier molecular flexibility index (Phi) is 4.74. The van der Waals surface area contributed by atoms with Gasteiger partial charge in [0.15, 0.2) is 5.82 Å². The third-order valence-corrected chi connectivity index (χ3v) is 4.43. The van der Waals surface area contributed by atoms with Crippen molar-refractivity contribution < 1.29 is 9.32 Å². The number of carbonyl (C=O) groups is 1. The number of carbonyl (C=O) groups excluding carboxylic acids is 1. The molecule has 0 radical (unpaired) electrons. The standard InChI is InChI=1S/C18H25N5O2/c1-12(15-21-16(22-25-15)18(2,3)4)20-17(24)23-11-5-6-14(23)13-7-9-19-10-8-13/h7-10,12,14H,5-6,11H2,1-4H3,(H,20,24). The predicted molar refractivity (Wildman–Crippen MR) is 92.9 cm³/mol. The van der Waals surface area contributed by atoms with Crippen LogP contribution in [0.4, 0.5) is 4.79 Å². The lowest BCUT2D eigenvalue weighted by Crippen LogP contribution is -2.40. The van der Waals surface area contributed by atoms with Crippen molar-refractivity contribution in [1.82, 2.24) is 25.3 Å². The molecular formula is C18H25N5O2. The number of urea groups is 1. The van der Waals surface area contributed by atoms with Gasteiger partial charge in [-0.05, 0) is 37.5 Å². The second-order valence-electron chi connectivity index (χ2n) is 7.51. The minimum atomic E-state index is -0.338. The summed E-state index contributed by atoms with van der Waals surface area (Å²) in [5.74, 6) is 1.07. The fraction of sp³-hybridized carbons (Fsp3) is 0.556. The Hall–Kier alpha value is -2.44. The van der Waals surface area contributed by atoms with Crippen molar-refractivity contribution in [3.63, 3.8) is 0 Å². The van der Waals surface area contributed by atoms with Gasteiger partial charge >= 0.3 is 6.03 Å². The highest BCUT2D eigenvalue weighted by Gasteiger charge is 2.31. The average Bonchev–Trinajstić information content (AvgIpc) is 3.24. The van der Waals surface area contributed by atoms with E-state index in [0.29, 0.717) is 11.7 Å². The molecule has 0 bridgehead atoms. The van der Waals surface area contributed by atoms with E-state index in [4.69, 9.17) is 4.52 Å². The van der Waals surface area contributed by atoms with Gasteiger partial charge < -0.3 is 14.7 Å². The van der Waals surface area contributed by atoms with Gasteiger partial charge in [0.2, 0.25) is 5.89 Å². The summed E-state index contributed by atoms with van der Waals surface area (Å²) in [5, 5.41) is 7.00. The smallest absolute Gasteiger partial charge is 0.318 e. The molecule has 0 aliphatic carbocycles. The van der Waals surface area contributed by atoms with Crippen LogP contribution >= 0.6 is 0 Å². The molecule has 1 saturated heterocycles. The second-order valence-corrected chi connectivity index (χ2v) is 7.51. The molecule has 0 aromatic carbocycles. The Morgan fingerprint density at radius 1 is 1.36 bits per heavy atom. The van der Waals surface area contributed by atoms with Gasteiger partial charge in [0.25, 0.3) is 0 Å². The van der Waals surface area contributed by atoms with E-state index < -0.39 is 0 Å². The van der Waals surface area contributed by atoms with Crippen LogP contribution in [0.25, 0.3) is 0 Å². The van der Waals surface area contributed by atoms with E-state index in [0.717, 1.165) is 24.9 Å². The predicted octanol–water partition coefficient (Wildman–Crippen LogP) is 3.37. The highest BCUT2D eigenvalue weighted by Crippen LogP contribution is 2.31. The molecule has 2 atom stereocenters. The van der Waals surface area contributed by atoms with E-state index in [-0.39, 0.29) is 23.5 Å². The van der Waals surface area contributed by atoms with Gasteiger partial charge in [-0.1, -0.05) is 25.9 Å². The molecule has 1 aliphatic rings. The Balaban J connectivity index is 1.68. The van der Waals surface area contributed by atoms with Crippen molar-refractivity contribution in [2.45, 2.75) is 58.0 Å². The van der Waals surface area contributed by atoms with Crippen LogP contribution in [0.3, 0.4) is 0 Å². The molecule has 7 nitrogen and oxygen atoms in total. The van der Waals surface area contributed by atoms with Gasteiger partial charge in [-0.15, -0.1) is 0 Å². The maximum absolute atomic E-state index is 12.7. The molecule has 1 fully saturated rings. The molecule has 1 aliphatic heterocycles. The molecular weight excluding hydrogens is 318 g/mol. The topological polar surface area (TPSA) is 84.2 Å². The van der Waals surface area contributed by atoms with Crippen LogP contribution in [0, 0.1) is 0 Å². The summed E-state index contributed by atoms with van der Waals surface area (Å²) >= 11 is 0. The SMILES string of the molecule is CC(NC(=O)N1CCCC1c1ccncc1)c1nc(C(C)(C)C)no1. The first-order chi connectivity index (χ1) is 11.9. The number of likely N-dealkylation sites (tertiary alicyclic amines) is 1. The van der Waals surface area contributed by atoms with Crippen molar-refractivity contribution in [3.05, 3.63) is 41.8 Å². The lowest BCUT2D eigenvalue weighted by atomic mass is 9.96. The van der Waals surface area contributed by atoms with Gasteiger partial charge in [-0.25, -0.2) is 4.79 Å². The highest BCUT2D eigenvalue weighted by molar-refractivity contribution is 5.75. The largest absolute Gasteiger partial charge is 0.337 e. The molecule has 2 aromatic rings. The number of hydrogen-bond donors (Lipinski definition) is 1. The number of amides is 2. The average molecular weight is 343 g/mol. The molecule has 1 N–H and O–H groups in total. The van der Waals surface area contributed by atoms with Gasteiger partial charge in [0.1, 0.15) is 6.04 Å². The Morgan fingerprint density at radius 3 is 2.72 bits per heavy atom. The van der Waals surface area contributed by atoms with Crippen molar-refractivity contribution in [2.24, 2.45) is 0 Å². The number of nitrogens with zero attached hydrogens (tertiary/aromatic N) is 4. The lowest BCUT2D eigenvalue weighted by molar-refractivity contribution is 0.187. The first kappa shape index (κ1) is 17.4. The van der Waals surface area contributed by atoms with E-state index in [9.17, 15) is 4.79 Å². The minimum absolute atomic E-state index is 0.0861. The van der Waals surface area contributed by atoms with E-state index in [2.05, 4.69) is 20.4 Å². The third kappa shape index (κ3) is 3.81. The Bertz CT molecular complexity index is 723. The van der Waals surface area contributed by atoms with Crippen LogP contribution < -0.4 is 5.32 Å². The van der Waals surface area contributed by atoms with Crippen molar-refractivity contribution >= 4 is 6.03 Å². The normalized spacial score (nSPS) is 19.0. The summed E-state index contributed by atoms with van der Waals surface area (Å²) in [5.41, 5.74) is 0.926. The summed E-state index contributed by atoms with van der Waals surface area (Å²) in [7, 11) is 0. The molecule has 7 heteroatoms. The van der Waals surface area contributed by atoms with Crippen LogP contribution in [-0.4, -0.2) is 32.6 Å². The fourth-order valence-corrected chi connectivity index (χ4v) is 2.99. The molecule has 2 unspecified atom stereocenters. The van der Waals surface area contributed by atoms with Crippen LogP contribution in [0.1, 0.15) is 69.9 Å². The molecule has 0 spiro atoms. The van der Waals surface area contributed by atoms with Gasteiger partial charge in [0.05, 0.1) is 6.04 Å². The number of aromatic nitrogens is 3. The summed E-state index contributed by atoms with van der Waals surface area (Å²) in [4.78, 5) is 23.1. The Labute approximate surface area is 147 Å². The summed E-state index contributed by atoms with van der Waals surface area (Å²) in [6.07, 6.45) is 5.47. The highest BCUT2D eigenvalue weighted by atomic mass is 16.5. The van der Waals surface area contributed by atoms with E-state index in [1.165, 1.54) is 0 Å². The molecule has 134 valence electrons. The van der Waals surface area contributed by atoms with Crippen LogP contribution in [0.2, 0.25) is 0 Å². The number of nitrogens with one attached hydrogen (secondary N) is 1. The maximum atomic E-state index is 12.7. The van der Waals surface area contributed by atoms with Gasteiger partial charge in [-0.2, -0.15) is 4.98 Å². The van der Waals surface area contributed by atoms with Crippen molar-refractivity contribution in [2.75, 3.05) is 6.54 Å². The summed E-state index contributed by atoms with van der Waals surface area (Å²) < 4.78 is 5.33. The number of hydrogen-bond acceptors (Lipinski definition) is 5. The zero-order chi connectivity index (χ0) is 18.0. The first-order valence-electron chi connectivity index (χ1n) is 8.67. The molecule has 0 saturated carbocycles. The van der Waals surface area contributed by atoms with E-state index >= 15 is 0 Å². The zero-order valence-corrected chi connectivity index (χ0v) is 15.2. The van der Waals surface area contributed by atoms with Gasteiger partial charge in [0, 0.05) is 24.4 Å². The van der Waals surface area contributed by atoms with Gasteiger partial charge in [-0.3, -0.25) is 4.98 Å². The fourth-order valence-electron chi connectivity index (χ4n) is 2.99. The maximum Gasteiger partial charge on any atom is 0.318 e. The molecule has 3 rings (SSSR count). The minimum Gasteiger partial charge on any atom is -0.337 e. The van der Waals surface area contributed by atoms with E-state index in [1.54, 1.807) is 12.4 Å². The first-order valence-corrected chi connectivity index (χ1v) is 8.67. The Morgan fingerprint density at radius 2 is 2.08 bits per heavy atom. The van der Waals surface area contributed by atoms with Crippen LogP contribution in [-0.2, 0) is 5.41 Å². The molecule has 2 amide bonds. The summed E-state index contributed by atoms with van der Waals surface area (Å²) in [6.45, 7) is 8.66.